The molecule has 9 heteroatoms. The van der Waals surface area contributed by atoms with Crippen molar-refractivity contribution < 1.29 is 9.44 Å². The molecule has 3 aromatic rings. The molecule has 2 heterocycles. The summed E-state index contributed by atoms with van der Waals surface area (Å²) in [6.07, 6.45) is 1.33. The van der Waals surface area contributed by atoms with E-state index in [1.165, 1.54) is 11.8 Å². The third-order valence-electron chi connectivity index (χ3n) is 5.47. The standard InChI is InChI=1S/C23H23Cl2N3O2S2/c24-19-7-6-16(12-20(19)25)13-28(30)10-8-18(9-11-28)26-22(29)15-32-23-27-21(14-31-23)17-4-2-1-3-5-17/h1-7,12,14,18H,8-11,13,15H2,(H,26,29). The van der Waals surface area contributed by atoms with E-state index in [1.54, 1.807) is 23.5 Å². The molecule has 0 radical (unpaired) electrons. The highest BCUT2D eigenvalue weighted by Gasteiger charge is 2.28. The van der Waals surface area contributed by atoms with E-state index in [1.807, 2.05) is 41.8 Å². The summed E-state index contributed by atoms with van der Waals surface area (Å²) < 4.78 is 0.569. The average Bonchev–Trinajstić information content (AvgIpc) is 3.26. The number of hydrogen-bond acceptors (Lipinski definition) is 5. The largest absolute Gasteiger partial charge is 0.633 e. The smallest absolute Gasteiger partial charge is 0.230 e. The van der Waals surface area contributed by atoms with Crippen LogP contribution in [0.4, 0.5) is 0 Å². The lowest BCUT2D eigenvalue weighted by Crippen LogP contribution is -2.52. The van der Waals surface area contributed by atoms with E-state index >= 15 is 0 Å². The van der Waals surface area contributed by atoms with Gasteiger partial charge in [-0.25, -0.2) is 4.98 Å². The molecule has 0 bridgehead atoms. The molecule has 1 aliphatic rings. The Bertz CT molecular complexity index is 1070. The topological polar surface area (TPSA) is 65.0 Å². The molecule has 1 amide bonds. The molecule has 5 nitrogen and oxygen atoms in total. The molecule has 0 saturated carbocycles. The van der Waals surface area contributed by atoms with Crippen molar-refractivity contribution in [3.05, 3.63) is 74.7 Å². The summed E-state index contributed by atoms with van der Waals surface area (Å²) >= 11 is 15.0. The number of carbonyl (C=O) groups is 1. The number of halogens is 2. The highest BCUT2D eigenvalue weighted by Crippen LogP contribution is 2.29. The molecule has 0 unspecified atom stereocenters. The van der Waals surface area contributed by atoms with Gasteiger partial charge in [-0.05, 0) is 12.1 Å². The molecule has 1 fully saturated rings. The van der Waals surface area contributed by atoms with Crippen LogP contribution in [-0.4, -0.2) is 40.4 Å². The van der Waals surface area contributed by atoms with E-state index < -0.39 is 0 Å². The van der Waals surface area contributed by atoms with E-state index in [-0.39, 0.29) is 16.6 Å². The quantitative estimate of drug-likeness (QED) is 0.242. The van der Waals surface area contributed by atoms with E-state index in [4.69, 9.17) is 23.2 Å². The van der Waals surface area contributed by atoms with Crippen molar-refractivity contribution in [2.75, 3.05) is 18.8 Å². The van der Waals surface area contributed by atoms with Crippen LogP contribution in [0.15, 0.2) is 58.3 Å². The van der Waals surface area contributed by atoms with Gasteiger partial charge in [-0.1, -0.05) is 71.4 Å². The highest BCUT2D eigenvalue weighted by atomic mass is 35.5. The number of quaternary nitrogens is 1. The van der Waals surface area contributed by atoms with Gasteiger partial charge >= 0.3 is 0 Å². The third-order valence-corrected chi connectivity index (χ3v) is 8.23. The number of carbonyl (C=O) groups excluding carboxylic acids is 1. The van der Waals surface area contributed by atoms with Crippen LogP contribution < -0.4 is 5.32 Å². The fourth-order valence-electron chi connectivity index (χ4n) is 3.77. The van der Waals surface area contributed by atoms with E-state index in [0.717, 1.165) is 21.2 Å². The molecule has 1 saturated heterocycles. The van der Waals surface area contributed by atoms with Gasteiger partial charge in [-0.2, -0.15) is 0 Å². The van der Waals surface area contributed by atoms with E-state index in [9.17, 15) is 10.0 Å². The van der Waals surface area contributed by atoms with Crippen molar-refractivity contribution in [1.29, 1.82) is 0 Å². The van der Waals surface area contributed by atoms with Crippen LogP contribution in [0, 0.1) is 5.21 Å². The van der Waals surface area contributed by atoms with Crippen LogP contribution in [0.3, 0.4) is 0 Å². The summed E-state index contributed by atoms with van der Waals surface area (Å²) in [7, 11) is 0. The van der Waals surface area contributed by atoms with Gasteiger partial charge in [0.25, 0.3) is 0 Å². The Morgan fingerprint density at radius 2 is 1.91 bits per heavy atom. The molecule has 1 aliphatic heterocycles. The molecule has 168 valence electrons. The molecule has 1 aromatic heterocycles. The number of likely N-dealkylation sites (tertiary alicyclic amines) is 1. The molecule has 0 atom stereocenters. The summed E-state index contributed by atoms with van der Waals surface area (Å²) in [5, 5.41) is 19.1. The molecule has 2 aromatic carbocycles. The van der Waals surface area contributed by atoms with Crippen molar-refractivity contribution >= 4 is 52.2 Å². The molecular weight excluding hydrogens is 485 g/mol. The van der Waals surface area contributed by atoms with Gasteiger partial charge in [0, 0.05) is 35.4 Å². The van der Waals surface area contributed by atoms with Gasteiger partial charge in [0.2, 0.25) is 5.91 Å². The fraction of sp³-hybridized carbons (Fsp3) is 0.304. The number of benzene rings is 2. The number of amides is 1. The van der Waals surface area contributed by atoms with Gasteiger partial charge in [0.05, 0.1) is 34.6 Å². The van der Waals surface area contributed by atoms with Crippen LogP contribution >= 0.6 is 46.3 Å². The molecular formula is C23H23Cl2N3O2S2. The summed E-state index contributed by atoms with van der Waals surface area (Å²) in [5.41, 5.74) is 2.88. The first-order chi connectivity index (χ1) is 15.4. The van der Waals surface area contributed by atoms with Gasteiger partial charge in [0.15, 0.2) is 4.34 Å². The number of rotatable bonds is 7. The van der Waals surface area contributed by atoms with E-state index in [2.05, 4.69) is 10.3 Å². The lowest BCUT2D eigenvalue weighted by Gasteiger charge is -2.47. The Balaban J connectivity index is 1.22. The number of nitrogens with zero attached hydrogens (tertiary/aromatic N) is 2. The first-order valence-electron chi connectivity index (χ1n) is 10.3. The summed E-state index contributed by atoms with van der Waals surface area (Å²) in [6.45, 7) is 1.29. The van der Waals surface area contributed by atoms with E-state index in [0.29, 0.717) is 48.3 Å². The second kappa shape index (κ2) is 10.5. The minimum Gasteiger partial charge on any atom is -0.633 e. The highest BCUT2D eigenvalue weighted by molar-refractivity contribution is 8.01. The van der Waals surface area contributed by atoms with Crippen molar-refractivity contribution in [2.45, 2.75) is 29.8 Å². The predicted molar refractivity (Wildman–Crippen MR) is 133 cm³/mol. The Morgan fingerprint density at radius 1 is 1.16 bits per heavy atom. The minimum atomic E-state index is -0.305. The van der Waals surface area contributed by atoms with Crippen LogP contribution in [0.1, 0.15) is 18.4 Å². The van der Waals surface area contributed by atoms with Gasteiger partial charge < -0.3 is 15.2 Å². The van der Waals surface area contributed by atoms with Crippen molar-refractivity contribution in [2.24, 2.45) is 0 Å². The average molecular weight is 508 g/mol. The fourth-order valence-corrected chi connectivity index (χ4v) is 5.74. The molecule has 32 heavy (non-hydrogen) atoms. The van der Waals surface area contributed by atoms with Gasteiger partial charge in [-0.3, -0.25) is 4.79 Å². The SMILES string of the molecule is O=C(CSc1nc(-c2ccccc2)cs1)NC1CC[N+]([O-])(Cc2ccc(Cl)c(Cl)c2)CC1. The number of hydroxylamine groups is 3. The number of nitrogens with one attached hydrogen (secondary N) is 1. The maximum Gasteiger partial charge on any atom is 0.230 e. The lowest BCUT2D eigenvalue weighted by atomic mass is 10.0. The maximum atomic E-state index is 13.1. The Morgan fingerprint density at radius 3 is 2.62 bits per heavy atom. The molecule has 4 rings (SSSR count). The zero-order valence-corrected chi connectivity index (χ0v) is 20.4. The first-order valence-corrected chi connectivity index (χ1v) is 13.0. The second-order valence-electron chi connectivity index (χ2n) is 7.91. The van der Waals surface area contributed by atoms with Crippen LogP contribution in [0.25, 0.3) is 11.3 Å². The van der Waals surface area contributed by atoms with Crippen molar-refractivity contribution in [3.63, 3.8) is 0 Å². The number of thioether (sulfide) groups is 1. The van der Waals surface area contributed by atoms with Crippen LogP contribution in [0.5, 0.6) is 0 Å². The normalized spacial score (nSPS) is 20.8. The number of piperidine rings is 1. The van der Waals surface area contributed by atoms with Gasteiger partial charge in [-0.15, -0.1) is 11.3 Å². The zero-order chi connectivity index (χ0) is 22.6. The second-order valence-corrected chi connectivity index (χ2v) is 10.8. The van der Waals surface area contributed by atoms with Crippen LogP contribution in [-0.2, 0) is 11.3 Å². The van der Waals surface area contributed by atoms with Crippen LogP contribution in [0.2, 0.25) is 10.0 Å². The van der Waals surface area contributed by atoms with Crippen molar-refractivity contribution in [3.8, 4) is 11.3 Å². The molecule has 0 aliphatic carbocycles. The Hall–Kier alpha value is -1.61. The van der Waals surface area contributed by atoms with Gasteiger partial charge in [0.1, 0.15) is 6.54 Å². The number of aromatic nitrogens is 1. The third kappa shape index (κ3) is 6.25. The van der Waals surface area contributed by atoms with Crippen molar-refractivity contribution in [1.82, 2.24) is 10.3 Å². The maximum absolute atomic E-state index is 13.1. The Labute approximate surface area is 205 Å². The number of thiazole rings is 1. The summed E-state index contributed by atoms with van der Waals surface area (Å²) in [6, 6.07) is 15.4. The first kappa shape index (κ1) is 23.5. The zero-order valence-electron chi connectivity index (χ0n) is 17.3. The molecule has 1 N–H and O–H groups in total. The summed E-state index contributed by atoms with van der Waals surface area (Å²) in [4.78, 5) is 17.0. The monoisotopic (exact) mass is 507 g/mol. The lowest BCUT2D eigenvalue weighted by molar-refractivity contribution is -0.898. The summed E-state index contributed by atoms with van der Waals surface area (Å²) in [5.74, 6) is 0.297. The number of hydrogen-bond donors (Lipinski definition) is 1. The minimum absolute atomic E-state index is 0.0214. The predicted octanol–water partition coefficient (Wildman–Crippen LogP) is 6.00. The molecule has 0 spiro atoms. The Kier molecular flexibility index (Phi) is 7.76.